The zero-order valence-electron chi connectivity index (χ0n) is 19.7. The molecule has 0 amide bonds. The molecule has 1 fully saturated rings. The molecule has 0 saturated carbocycles. The van der Waals surface area contributed by atoms with Crippen molar-refractivity contribution in [3.8, 4) is 11.5 Å². The molecule has 35 heavy (non-hydrogen) atoms. The molecule has 4 rings (SSSR count). The van der Waals surface area contributed by atoms with Gasteiger partial charge in [0.05, 0.1) is 19.1 Å². The van der Waals surface area contributed by atoms with Crippen molar-refractivity contribution in [2.24, 2.45) is 0 Å². The van der Waals surface area contributed by atoms with Crippen molar-refractivity contribution in [1.29, 1.82) is 0 Å². The fourth-order valence-electron chi connectivity index (χ4n) is 3.89. The lowest BCUT2D eigenvalue weighted by Gasteiger charge is -2.33. The van der Waals surface area contributed by atoms with Crippen LogP contribution in [0.4, 0.5) is 5.69 Å². The first-order valence-corrected chi connectivity index (χ1v) is 13.2. The highest BCUT2D eigenvalue weighted by molar-refractivity contribution is 8.18. The highest BCUT2D eigenvalue weighted by atomic mass is 32.2. The third kappa shape index (κ3) is 5.92. The average molecular weight is 506 g/mol. The van der Waals surface area contributed by atoms with E-state index < -0.39 is 0 Å². The maximum absolute atomic E-state index is 11.1. The molecule has 1 aliphatic heterocycles. The number of hydrogen-bond acceptors (Lipinski definition) is 6. The number of nitro groups is 1. The molecule has 0 spiro atoms. The van der Waals surface area contributed by atoms with Gasteiger partial charge >= 0.3 is 0 Å². The molecule has 1 saturated heterocycles. The molecule has 0 radical (unpaired) electrons. The maximum Gasteiger partial charge on any atom is 0.269 e. The van der Waals surface area contributed by atoms with E-state index in [0.717, 1.165) is 51.7 Å². The minimum Gasteiger partial charge on any atom is -0.497 e. The van der Waals surface area contributed by atoms with Crippen molar-refractivity contribution in [2.45, 2.75) is 10.5 Å². The topological polar surface area (TPSA) is 61.6 Å². The van der Waals surface area contributed by atoms with Crippen LogP contribution in [0.25, 0.3) is 5.57 Å². The summed E-state index contributed by atoms with van der Waals surface area (Å²) < 4.78 is 10.4. The maximum atomic E-state index is 11.1. The number of thioether (sulfide) groups is 2. The highest BCUT2D eigenvalue weighted by Crippen LogP contribution is 2.51. The first-order chi connectivity index (χ1) is 17.0. The molecule has 1 heterocycles. The van der Waals surface area contributed by atoms with Gasteiger partial charge in [-0.2, -0.15) is 0 Å². The van der Waals surface area contributed by atoms with E-state index in [4.69, 9.17) is 9.47 Å². The Hall–Kier alpha value is -3.16. The molecule has 0 N–H and O–H groups in total. The number of allylic oxidation sites excluding steroid dienone is 2. The average Bonchev–Trinajstić information content (AvgIpc) is 2.92. The van der Waals surface area contributed by atoms with Gasteiger partial charge in [0, 0.05) is 12.1 Å². The Morgan fingerprint density at radius 2 is 1.37 bits per heavy atom. The molecular weight excluding hydrogens is 478 g/mol. The summed E-state index contributed by atoms with van der Waals surface area (Å²) in [5.74, 6) is 3.71. The lowest BCUT2D eigenvalue weighted by Crippen LogP contribution is -2.20. The van der Waals surface area contributed by atoms with Crippen molar-refractivity contribution in [3.05, 3.63) is 118 Å². The van der Waals surface area contributed by atoms with Gasteiger partial charge in [0.1, 0.15) is 15.6 Å². The smallest absolute Gasteiger partial charge is 0.269 e. The quantitative estimate of drug-likeness (QED) is 0.182. The molecule has 3 aromatic carbocycles. The van der Waals surface area contributed by atoms with E-state index in [-0.39, 0.29) is 14.7 Å². The second-order valence-corrected chi connectivity index (χ2v) is 10.9. The van der Waals surface area contributed by atoms with Crippen LogP contribution in [0, 0.1) is 10.1 Å². The Morgan fingerprint density at radius 3 is 1.83 bits per heavy atom. The van der Waals surface area contributed by atoms with E-state index in [1.54, 1.807) is 26.4 Å². The van der Waals surface area contributed by atoms with Crippen molar-refractivity contribution in [1.82, 2.24) is 0 Å². The molecule has 0 aromatic heterocycles. The molecule has 3 aromatic rings. The van der Waals surface area contributed by atoms with Gasteiger partial charge in [-0.3, -0.25) is 10.1 Å². The van der Waals surface area contributed by atoms with E-state index in [1.807, 2.05) is 59.9 Å². The molecule has 0 atom stereocenters. The Morgan fingerprint density at radius 1 is 0.857 bits per heavy atom. The van der Waals surface area contributed by atoms with Crippen LogP contribution in [0.5, 0.6) is 11.5 Å². The first kappa shape index (κ1) is 24.9. The largest absolute Gasteiger partial charge is 0.497 e. The SMILES string of the molecule is COc1ccc(C(=C/C=C/C2(c3ccc([N+](=O)[O-])cc3)SCCCS2)c2ccc(OC)cc2)cc1. The van der Waals surface area contributed by atoms with Crippen LogP contribution in [0.2, 0.25) is 0 Å². The Balaban J connectivity index is 1.72. The van der Waals surface area contributed by atoms with Crippen molar-refractivity contribution in [2.75, 3.05) is 25.7 Å². The fraction of sp³-hybridized carbons (Fsp3) is 0.214. The number of methoxy groups -OCH3 is 2. The Kier molecular flexibility index (Phi) is 8.21. The van der Waals surface area contributed by atoms with Crippen molar-refractivity contribution in [3.63, 3.8) is 0 Å². The van der Waals surface area contributed by atoms with E-state index in [9.17, 15) is 10.1 Å². The van der Waals surface area contributed by atoms with Gasteiger partial charge in [-0.25, -0.2) is 0 Å². The molecule has 7 heteroatoms. The van der Waals surface area contributed by atoms with E-state index in [2.05, 4.69) is 42.5 Å². The van der Waals surface area contributed by atoms with Crippen LogP contribution in [-0.4, -0.2) is 30.6 Å². The molecule has 1 aliphatic rings. The first-order valence-electron chi connectivity index (χ1n) is 11.3. The highest BCUT2D eigenvalue weighted by Gasteiger charge is 2.33. The number of hydrogen-bond donors (Lipinski definition) is 0. The molecular formula is C28H27NO4S2. The summed E-state index contributed by atoms with van der Waals surface area (Å²) in [6.07, 6.45) is 7.61. The monoisotopic (exact) mass is 505 g/mol. The molecule has 0 bridgehead atoms. The zero-order chi connectivity index (χ0) is 24.7. The lowest BCUT2D eigenvalue weighted by molar-refractivity contribution is -0.384. The summed E-state index contributed by atoms with van der Waals surface area (Å²) in [5.41, 5.74) is 4.41. The summed E-state index contributed by atoms with van der Waals surface area (Å²) in [6, 6.07) is 23.0. The number of nitrogens with zero attached hydrogens (tertiary/aromatic N) is 1. The van der Waals surface area contributed by atoms with E-state index in [1.165, 1.54) is 0 Å². The van der Waals surface area contributed by atoms with E-state index in [0.29, 0.717) is 0 Å². The van der Waals surface area contributed by atoms with Gasteiger partial charge in [0.2, 0.25) is 0 Å². The third-order valence-electron chi connectivity index (χ3n) is 5.78. The molecule has 0 unspecified atom stereocenters. The van der Waals surface area contributed by atoms with Crippen molar-refractivity contribution < 1.29 is 14.4 Å². The normalized spacial score (nSPS) is 14.9. The Bertz CT molecular complexity index is 1150. The van der Waals surface area contributed by atoms with Crippen LogP contribution >= 0.6 is 23.5 Å². The number of benzene rings is 3. The van der Waals surface area contributed by atoms with E-state index >= 15 is 0 Å². The summed E-state index contributed by atoms with van der Waals surface area (Å²) in [6.45, 7) is 0. The van der Waals surface area contributed by atoms with Gasteiger partial charge in [0.25, 0.3) is 5.69 Å². The van der Waals surface area contributed by atoms with Crippen molar-refractivity contribution >= 4 is 34.8 Å². The number of non-ortho nitro benzene ring substituents is 1. The van der Waals surface area contributed by atoms with Crippen LogP contribution in [0.1, 0.15) is 23.1 Å². The van der Waals surface area contributed by atoms with Crippen LogP contribution in [-0.2, 0) is 4.08 Å². The summed E-state index contributed by atoms with van der Waals surface area (Å²) >= 11 is 3.75. The zero-order valence-corrected chi connectivity index (χ0v) is 21.3. The number of nitro benzene ring substituents is 1. The standard InChI is InChI=1S/C28H27NO4S2/c1-32-25-14-6-21(7-15-25)27(22-8-16-26(33-2)17-9-22)5-3-18-28(34-19-4-20-35-28)23-10-12-24(13-11-23)29(30)31/h3,5-18H,4,19-20H2,1-2H3/b18-3+. The molecule has 0 aliphatic carbocycles. The minimum atomic E-state index is -0.355. The second kappa shape index (κ2) is 11.5. The van der Waals surface area contributed by atoms with Gasteiger partial charge in [-0.15, -0.1) is 23.5 Å². The minimum absolute atomic E-state index is 0.111. The van der Waals surface area contributed by atoms with Crippen LogP contribution in [0.15, 0.2) is 91.0 Å². The fourth-order valence-corrected chi connectivity index (χ4v) is 7.05. The summed E-state index contributed by atoms with van der Waals surface area (Å²) in [7, 11) is 3.32. The number of ether oxygens (including phenoxy) is 2. The predicted molar refractivity (Wildman–Crippen MR) is 147 cm³/mol. The summed E-state index contributed by atoms with van der Waals surface area (Å²) in [4.78, 5) is 10.8. The third-order valence-corrected chi connectivity index (χ3v) is 9.08. The number of rotatable bonds is 8. The second-order valence-electron chi connectivity index (χ2n) is 7.92. The van der Waals surface area contributed by atoms with Gasteiger partial charge < -0.3 is 9.47 Å². The van der Waals surface area contributed by atoms with Crippen LogP contribution in [0.3, 0.4) is 0 Å². The Labute approximate surface area is 214 Å². The van der Waals surface area contributed by atoms with Gasteiger partial charge in [-0.1, -0.05) is 42.5 Å². The van der Waals surface area contributed by atoms with Gasteiger partial charge in [-0.05, 0) is 76.6 Å². The molecule has 5 nitrogen and oxygen atoms in total. The van der Waals surface area contributed by atoms with Crippen LogP contribution < -0.4 is 9.47 Å². The lowest BCUT2D eigenvalue weighted by atomic mass is 9.97. The molecule has 180 valence electrons. The predicted octanol–water partition coefficient (Wildman–Crippen LogP) is 7.32. The van der Waals surface area contributed by atoms with Gasteiger partial charge in [0.15, 0.2) is 0 Å². The summed E-state index contributed by atoms with van der Waals surface area (Å²) in [5, 5.41) is 11.1.